The SMILES string of the molecule is c1ccc(-c2cccnc2-c2c(-c3ccccc3)nnnc2-c2ccccc2-c2ccc3sc4ccccc4c3c2-c2ccccc2)cc1. The summed E-state index contributed by atoms with van der Waals surface area (Å²) in [6, 6.07) is 57.1. The Morgan fingerprint density at radius 1 is 0.367 bits per heavy atom. The quantitative estimate of drug-likeness (QED) is 0.181. The predicted octanol–water partition coefficient (Wildman–Crippen LogP) is 11.6. The van der Waals surface area contributed by atoms with E-state index in [1.807, 2.05) is 47.9 Å². The molecule has 0 aliphatic rings. The van der Waals surface area contributed by atoms with E-state index in [2.05, 4.69) is 144 Å². The van der Waals surface area contributed by atoms with Crippen LogP contribution < -0.4 is 0 Å². The molecular formula is C44H28N4S. The highest BCUT2D eigenvalue weighted by Gasteiger charge is 2.25. The molecule has 3 heterocycles. The fraction of sp³-hybridized carbons (Fsp3) is 0. The topological polar surface area (TPSA) is 51.6 Å². The smallest absolute Gasteiger partial charge is 0.107 e. The zero-order chi connectivity index (χ0) is 32.6. The van der Waals surface area contributed by atoms with Gasteiger partial charge in [0.15, 0.2) is 0 Å². The van der Waals surface area contributed by atoms with E-state index in [0.717, 1.165) is 56.0 Å². The summed E-state index contributed by atoms with van der Waals surface area (Å²) in [5.41, 5.74) is 11.7. The van der Waals surface area contributed by atoms with Crippen molar-refractivity contribution in [3.8, 4) is 67.2 Å². The van der Waals surface area contributed by atoms with Crippen LogP contribution in [0.25, 0.3) is 87.3 Å². The molecule has 4 nitrogen and oxygen atoms in total. The van der Waals surface area contributed by atoms with E-state index in [4.69, 9.17) is 10.1 Å². The fourth-order valence-electron chi connectivity index (χ4n) is 6.86. The molecule has 0 N–H and O–H groups in total. The molecule has 0 aliphatic carbocycles. The summed E-state index contributed by atoms with van der Waals surface area (Å²) in [7, 11) is 0. The van der Waals surface area contributed by atoms with Crippen LogP contribution in [0.3, 0.4) is 0 Å². The summed E-state index contributed by atoms with van der Waals surface area (Å²) in [6.07, 6.45) is 1.84. The Balaban J connectivity index is 1.37. The van der Waals surface area contributed by atoms with Crippen molar-refractivity contribution in [2.75, 3.05) is 0 Å². The van der Waals surface area contributed by atoms with E-state index in [9.17, 15) is 0 Å². The van der Waals surface area contributed by atoms with Crippen molar-refractivity contribution >= 4 is 31.5 Å². The number of rotatable bonds is 6. The van der Waals surface area contributed by atoms with Gasteiger partial charge in [-0.25, -0.2) is 0 Å². The first kappa shape index (κ1) is 28.9. The molecule has 0 amide bonds. The van der Waals surface area contributed by atoms with Crippen LogP contribution in [0.4, 0.5) is 0 Å². The first-order chi connectivity index (χ1) is 24.3. The number of hydrogen-bond donors (Lipinski definition) is 0. The Bertz CT molecular complexity index is 2600. The molecule has 0 radical (unpaired) electrons. The number of thiophene rings is 1. The van der Waals surface area contributed by atoms with Crippen molar-refractivity contribution < 1.29 is 0 Å². The van der Waals surface area contributed by atoms with Gasteiger partial charge in [-0.05, 0) is 51.2 Å². The van der Waals surface area contributed by atoms with Gasteiger partial charge in [-0.3, -0.25) is 4.98 Å². The van der Waals surface area contributed by atoms with Gasteiger partial charge < -0.3 is 0 Å². The van der Waals surface area contributed by atoms with Crippen molar-refractivity contribution in [3.63, 3.8) is 0 Å². The monoisotopic (exact) mass is 644 g/mol. The lowest BCUT2D eigenvalue weighted by molar-refractivity contribution is 0.878. The third kappa shape index (κ3) is 5.08. The summed E-state index contributed by atoms with van der Waals surface area (Å²) < 4.78 is 2.54. The molecule has 9 rings (SSSR count). The Hall–Kier alpha value is -6.30. The molecule has 3 aromatic heterocycles. The van der Waals surface area contributed by atoms with E-state index in [0.29, 0.717) is 0 Å². The van der Waals surface area contributed by atoms with Gasteiger partial charge in [-0.15, -0.1) is 21.5 Å². The van der Waals surface area contributed by atoms with Crippen molar-refractivity contribution in [2.45, 2.75) is 0 Å². The van der Waals surface area contributed by atoms with Gasteiger partial charge in [0.2, 0.25) is 0 Å². The van der Waals surface area contributed by atoms with E-state index in [-0.39, 0.29) is 0 Å². The highest BCUT2D eigenvalue weighted by Crippen LogP contribution is 2.48. The Kier molecular flexibility index (Phi) is 7.30. The third-order valence-electron chi connectivity index (χ3n) is 9.02. The highest BCUT2D eigenvalue weighted by molar-refractivity contribution is 7.26. The molecule has 0 unspecified atom stereocenters. The van der Waals surface area contributed by atoms with Crippen LogP contribution in [-0.4, -0.2) is 20.4 Å². The van der Waals surface area contributed by atoms with Gasteiger partial charge >= 0.3 is 0 Å². The molecule has 0 fully saturated rings. The largest absolute Gasteiger partial charge is 0.255 e. The van der Waals surface area contributed by atoms with E-state index >= 15 is 0 Å². The zero-order valence-electron chi connectivity index (χ0n) is 26.4. The maximum atomic E-state index is 5.03. The van der Waals surface area contributed by atoms with Gasteiger partial charge in [-0.2, -0.15) is 0 Å². The van der Waals surface area contributed by atoms with Crippen LogP contribution in [-0.2, 0) is 0 Å². The van der Waals surface area contributed by atoms with Crippen LogP contribution in [0.15, 0.2) is 170 Å². The summed E-state index contributed by atoms with van der Waals surface area (Å²) in [5.74, 6) is 0. The molecule has 0 saturated carbocycles. The van der Waals surface area contributed by atoms with Crippen LogP contribution in [0, 0.1) is 0 Å². The van der Waals surface area contributed by atoms with Crippen molar-refractivity contribution in [1.82, 2.24) is 20.4 Å². The normalized spacial score (nSPS) is 11.3. The average molecular weight is 645 g/mol. The summed E-state index contributed by atoms with van der Waals surface area (Å²) in [5, 5.41) is 16.4. The summed E-state index contributed by atoms with van der Waals surface area (Å²) >= 11 is 1.83. The molecule has 9 aromatic rings. The van der Waals surface area contributed by atoms with Crippen LogP contribution in [0.1, 0.15) is 0 Å². The lowest BCUT2D eigenvalue weighted by atomic mass is 9.86. The maximum Gasteiger partial charge on any atom is 0.107 e. The Labute approximate surface area is 288 Å². The number of hydrogen-bond acceptors (Lipinski definition) is 5. The van der Waals surface area contributed by atoms with Gasteiger partial charge in [0, 0.05) is 43.1 Å². The number of nitrogens with zero attached hydrogens (tertiary/aromatic N) is 4. The van der Waals surface area contributed by atoms with Gasteiger partial charge in [0.1, 0.15) is 11.4 Å². The van der Waals surface area contributed by atoms with Crippen molar-refractivity contribution in [1.29, 1.82) is 0 Å². The number of pyridine rings is 1. The molecular weight excluding hydrogens is 617 g/mol. The van der Waals surface area contributed by atoms with Gasteiger partial charge in [-0.1, -0.05) is 146 Å². The second-order valence-corrected chi connectivity index (χ2v) is 12.9. The first-order valence-corrected chi connectivity index (χ1v) is 17.1. The van der Waals surface area contributed by atoms with Crippen LogP contribution in [0.5, 0.6) is 0 Å². The number of aromatic nitrogens is 4. The molecule has 0 aliphatic heterocycles. The molecule has 0 spiro atoms. The lowest BCUT2D eigenvalue weighted by Gasteiger charge is -2.19. The van der Waals surface area contributed by atoms with Gasteiger partial charge in [0.25, 0.3) is 0 Å². The maximum absolute atomic E-state index is 5.03. The number of fused-ring (bicyclic) bond motifs is 3. The lowest BCUT2D eigenvalue weighted by Crippen LogP contribution is -2.03. The fourth-order valence-corrected chi connectivity index (χ4v) is 7.97. The zero-order valence-corrected chi connectivity index (χ0v) is 27.2. The molecule has 5 heteroatoms. The first-order valence-electron chi connectivity index (χ1n) is 16.2. The van der Waals surface area contributed by atoms with Crippen molar-refractivity contribution in [3.05, 3.63) is 170 Å². The Morgan fingerprint density at radius 3 is 1.76 bits per heavy atom. The van der Waals surface area contributed by atoms with Gasteiger partial charge in [0.05, 0.1) is 11.3 Å². The number of benzene rings is 6. The molecule has 230 valence electrons. The molecule has 0 bridgehead atoms. The Morgan fingerprint density at radius 2 is 0.980 bits per heavy atom. The standard InChI is InChI=1S/C44H28N4S/c1-4-15-29(16-5-1)32-24-14-28-45-43(32)41-42(31-19-8-3-9-20-31)46-48-47-44(41)35-22-11-10-21-33(35)34-26-27-38-40(36-23-12-13-25-37(36)49-38)39(34)30-17-6-2-7-18-30/h1-28H. The predicted molar refractivity (Wildman–Crippen MR) is 203 cm³/mol. The molecule has 6 aromatic carbocycles. The van der Waals surface area contributed by atoms with Crippen LogP contribution >= 0.6 is 11.3 Å². The second-order valence-electron chi connectivity index (χ2n) is 11.9. The summed E-state index contributed by atoms with van der Waals surface area (Å²) in [6.45, 7) is 0. The average Bonchev–Trinajstić information content (AvgIpc) is 3.57. The molecule has 0 atom stereocenters. The van der Waals surface area contributed by atoms with E-state index in [1.165, 1.54) is 31.3 Å². The minimum Gasteiger partial charge on any atom is -0.255 e. The van der Waals surface area contributed by atoms with E-state index < -0.39 is 0 Å². The van der Waals surface area contributed by atoms with E-state index in [1.54, 1.807) is 0 Å². The highest BCUT2D eigenvalue weighted by atomic mass is 32.1. The van der Waals surface area contributed by atoms with Crippen molar-refractivity contribution in [2.24, 2.45) is 0 Å². The minimum absolute atomic E-state index is 0.731. The molecule has 49 heavy (non-hydrogen) atoms. The summed E-state index contributed by atoms with van der Waals surface area (Å²) in [4.78, 5) is 5.03. The third-order valence-corrected chi connectivity index (χ3v) is 10.2. The second kappa shape index (κ2) is 12.4. The van der Waals surface area contributed by atoms with Crippen LogP contribution in [0.2, 0.25) is 0 Å². The molecule has 0 saturated heterocycles. The minimum atomic E-state index is 0.731.